The highest BCUT2D eigenvalue weighted by atomic mass is 16.3. The molecule has 0 bridgehead atoms. The SMILES string of the molecule is C[C@H](CCO)NC(=O)NC(c1ccccc1)c1ccccn1. The summed E-state index contributed by atoms with van der Waals surface area (Å²) >= 11 is 0. The van der Waals surface area contributed by atoms with Crippen LogP contribution in [-0.2, 0) is 0 Å². The zero-order valence-electron chi connectivity index (χ0n) is 12.6. The van der Waals surface area contributed by atoms with Crippen molar-refractivity contribution in [2.45, 2.75) is 25.4 Å². The molecule has 2 aromatic rings. The molecular weight excluding hydrogens is 278 g/mol. The number of hydrogen-bond acceptors (Lipinski definition) is 3. The number of aliphatic hydroxyl groups is 1. The zero-order valence-corrected chi connectivity index (χ0v) is 12.6. The van der Waals surface area contributed by atoms with Gasteiger partial charge in [0.2, 0.25) is 0 Å². The summed E-state index contributed by atoms with van der Waals surface area (Å²) in [5, 5.41) is 14.7. The van der Waals surface area contributed by atoms with E-state index in [1.807, 2.05) is 55.5 Å². The second-order valence-corrected chi connectivity index (χ2v) is 5.13. The molecule has 116 valence electrons. The van der Waals surface area contributed by atoms with Crippen molar-refractivity contribution in [2.75, 3.05) is 6.61 Å². The summed E-state index contributed by atoms with van der Waals surface area (Å²) in [6.45, 7) is 1.90. The Hall–Kier alpha value is -2.40. The van der Waals surface area contributed by atoms with E-state index in [4.69, 9.17) is 5.11 Å². The van der Waals surface area contributed by atoms with Crippen LogP contribution in [0.3, 0.4) is 0 Å². The number of benzene rings is 1. The van der Waals surface area contributed by atoms with Gasteiger partial charge in [-0.05, 0) is 31.0 Å². The topological polar surface area (TPSA) is 74.2 Å². The van der Waals surface area contributed by atoms with Gasteiger partial charge in [-0.15, -0.1) is 0 Å². The summed E-state index contributed by atoms with van der Waals surface area (Å²) in [6, 6.07) is 14.6. The van der Waals surface area contributed by atoms with E-state index in [-0.39, 0.29) is 24.7 Å². The molecule has 5 heteroatoms. The standard InChI is InChI=1S/C17H21N3O2/c1-13(10-12-21)19-17(22)20-16(14-7-3-2-4-8-14)15-9-5-6-11-18-15/h2-9,11,13,16,21H,10,12H2,1H3,(H2,19,20,22)/t13-,16?/m1/s1. The van der Waals surface area contributed by atoms with Crippen molar-refractivity contribution in [3.63, 3.8) is 0 Å². The number of urea groups is 1. The Kier molecular flexibility index (Phi) is 5.91. The van der Waals surface area contributed by atoms with Crippen LogP contribution in [0.15, 0.2) is 54.7 Å². The first kappa shape index (κ1) is 16.0. The van der Waals surface area contributed by atoms with E-state index in [0.717, 1.165) is 11.3 Å². The highest BCUT2D eigenvalue weighted by Gasteiger charge is 2.18. The number of carbonyl (C=O) groups excluding carboxylic acids is 1. The van der Waals surface area contributed by atoms with Crippen molar-refractivity contribution >= 4 is 6.03 Å². The van der Waals surface area contributed by atoms with E-state index in [9.17, 15) is 4.79 Å². The summed E-state index contributed by atoms with van der Waals surface area (Å²) < 4.78 is 0. The third kappa shape index (κ3) is 4.56. The van der Waals surface area contributed by atoms with Gasteiger partial charge in [-0.25, -0.2) is 4.79 Å². The lowest BCUT2D eigenvalue weighted by Crippen LogP contribution is -2.43. The van der Waals surface area contributed by atoms with Crippen molar-refractivity contribution in [1.29, 1.82) is 0 Å². The van der Waals surface area contributed by atoms with Crippen LogP contribution in [0.1, 0.15) is 30.6 Å². The van der Waals surface area contributed by atoms with Gasteiger partial charge in [-0.2, -0.15) is 0 Å². The number of pyridine rings is 1. The Labute approximate surface area is 130 Å². The Bertz CT molecular complexity index is 535. The van der Waals surface area contributed by atoms with E-state index in [0.29, 0.717) is 6.42 Å². The first-order chi connectivity index (χ1) is 10.7. The van der Waals surface area contributed by atoms with Crippen molar-refractivity contribution in [1.82, 2.24) is 15.6 Å². The second-order valence-electron chi connectivity index (χ2n) is 5.13. The van der Waals surface area contributed by atoms with Crippen LogP contribution < -0.4 is 10.6 Å². The van der Waals surface area contributed by atoms with E-state index >= 15 is 0 Å². The Morgan fingerprint density at radius 2 is 1.86 bits per heavy atom. The fraction of sp³-hybridized carbons (Fsp3) is 0.294. The summed E-state index contributed by atoms with van der Waals surface area (Å²) in [7, 11) is 0. The molecule has 0 fully saturated rings. The molecule has 0 aliphatic rings. The highest BCUT2D eigenvalue weighted by molar-refractivity contribution is 5.75. The Morgan fingerprint density at radius 3 is 2.50 bits per heavy atom. The first-order valence-corrected chi connectivity index (χ1v) is 7.34. The number of nitrogens with one attached hydrogen (secondary N) is 2. The number of amides is 2. The van der Waals surface area contributed by atoms with Crippen molar-refractivity contribution in [2.24, 2.45) is 0 Å². The number of aliphatic hydroxyl groups excluding tert-OH is 1. The third-order valence-corrected chi connectivity index (χ3v) is 3.33. The van der Waals surface area contributed by atoms with Crippen LogP contribution in [0.4, 0.5) is 4.79 Å². The maximum absolute atomic E-state index is 12.2. The van der Waals surface area contributed by atoms with Gasteiger partial charge < -0.3 is 15.7 Å². The van der Waals surface area contributed by atoms with Gasteiger partial charge in [0.05, 0.1) is 11.7 Å². The van der Waals surface area contributed by atoms with Crippen LogP contribution in [0.5, 0.6) is 0 Å². The minimum absolute atomic E-state index is 0.0454. The fourth-order valence-corrected chi connectivity index (χ4v) is 2.18. The van der Waals surface area contributed by atoms with Crippen molar-refractivity contribution in [3.8, 4) is 0 Å². The average Bonchev–Trinajstić information content (AvgIpc) is 2.54. The lowest BCUT2D eigenvalue weighted by Gasteiger charge is -2.21. The van der Waals surface area contributed by atoms with Crippen molar-refractivity contribution < 1.29 is 9.90 Å². The molecule has 0 aliphatic carbocycles. The number of nitrogens with zero attached hydrogens (tertiary/aromatic N) is 1. The van der Waals surface area contributed by atoms with Crippen molar-refractivity contribution in [3.05, 3.63) is 66.0 Å². The molecule has 0 saturated carbocycles. The molecule has 0 spiro atoms. The summed E-state index contributed by atoms with van der Waals surface area (Å²) in [6.07, 6.45) is 2.23. The van der Waals surface area contributed by atoms with Gasteiger partial charge in [0, 0.05) is 18.8 Å². The number of carbonyl (C=O) groups is 1. The first-order valence-electron chi connectivity index (χ1n) is 7.34. The lowest BCUT2D eigenvalue weighted by molar-refractivity contribution is 0.229. The number of aromatic nitrogens is 1. The highest BCUT2D eigenvalue weighted by Crippen LogP contribution is 2.19. The van der Waals surface area contributed by atoms with Crippen LogP contribution >= 0.6 is 0 Å². The van der Waals surface area contributed by atoms with Crippen LogP contribution in [0, 0.1) is 0 Å². The molecule has 22 heavy (non-hydrogen) atoms. The van der Waals surface area contributed by atoms with Crippen LogP contribution in [0.25, 0.3) is 0 Å². The molecule has 1 aromatic heterocycles. The molecule has 5 nitrogen and oxygen atoms in total. The fourth-order valence-electron chi connectivity index (χ4n) is 2.18. The maximum Gasteiger partial charge on any atom is 0.315 e. The molecule has 3 N–H and O–H groups in total. The molecule has 2 atom stereocenters. The molecule has 2 rings (SSSR count). The smallest absolute Gasteiger partial charge is 0.315 e. The Morgan fingerprint density at radius 1 is 1.14 bits per heavy atom. The minimum atomic E-state index is -0.316. The number of hydrogen-bond donors (Lipinski definition) is 3. The summed E-state index contributed by atoms with van der Waals surface area (Å²) in [5.41, 5.74) is 1.74. The van der Waals surface area contributed by atoms with Crippen LogP contribution in [-0.4, -0.2) is 28.8 Å². The van der Waals surface area contributed by atoms with Crippen LogP contribution in [0.2, 0.25) is 0 Å². The quantitative estimate of drug-likeness (QED) is 0.766. The lowest BCUT2D eigenvalue weighted by atomic mass is 10.0. The molecule has 0 saturated heterocycles. The molecule has 2 amide bonds. The van der Waals surface area contributed by atoms with E-state index < -0.39 is 0 Å². The zero-order chi connectivity index (χ0) is 15.8. The minimum Gasteiger partial charge on any atom is -0.396 e. The molecule has 1 heterocycles. The normalized spacial score (nSPS) is 13.2. The van der Waals surface area contributed by atoms with Gasteiger partial charge in [0.1, 0.15) is 0 Å². The van der Waals surface area contributed by atoms with Gasteiger partial charge in [-0.3, -0.25) is 4.98 Å². The van der Waals surface area contributed by atoms with Gasteiger partial charge in [0.25, 0.3) is 0 Å². The van der Waals surface area contributed by atoms with E-state index in [1.165, 1.54) is 0 Å². The maximum atomic E-state index is 12.2. The third-order valence-electron chi connectivity index (χ3n) is 3.33. The predicted molar refractivity (Wildman–Crippen MR) is 85.4 cm³/mol. The molecule has 0 aliphatic heterocycles. The second kappa shape index (κ2) is 8.14. The molecule has 0 radical (unpaired) electrons. The molecule has 1 aromatic carbocycles. The van der Waals surface area contributed by atoms with Gasteiger partial charge in [0.15, 0.2) is 0 Å². The Balaban J connectivity index is 2.14. The average molecular weight is 299 g/mol. The largest absolute Gasteiger partial charge is 0.396 e. The summed E-state index contributed by atoms with van der Waals surface area (Å²) in [5.74, 6) is 0. The molecular formula is C17H21N3O2. The summed E-state index contributed by atoms with van der Waals surface area (Å²) in [4.78, 5) is 16.5. The number of rotatable bonds is 6. The van der Waals surface area contributed by atoms with E-state index in [2.05, 4.69) is 15.6 Å². The van der Waals surface area contributed by atoms with E-state index in [1.54, 1.807) is 6.20 Å². The monoisotopic (exact) mass is 299 g/mol. The molecule has 1 unspecified atom stereocenters. The van der Waals surface area contributed by atoms with Gasteiger partial charge in [-0.1, -0.05) is 36.4 Å². The van der Waals surface area contributed by atoms with Gasteiger partial charge >= 0.3 is 6.03 Å². The predicted octanol–water partition coefficient (Wildman–Crippen LogP) is 2.24.